The number of aromatic nitrogens is 2. The molecule has 0 unspecified atom stereocenters. The van der Waals surface area contributed by atoms with Crippen molar-refractivity contribution in [1.29, 1.82) is 0 Å². The maximum atomic E-state index is 13.3. The van der Waals surface area contributed by atoms with Gasteiger partial charge < -0.3 is 14.4 Å². The zero-order valence-corrected chi connectivity index (χ0v) is 19.3. The van der Waals surface area contributed by atoms with Gasteiger partial charge in [-0.15, -0.1) is 0 Å². The lowest BCUT2D eigenvalue weighted by molar-refractivity contribution is 0.0627. The first-order chi connectivity index (χ1) is 16.1. The number of amides is 1. The predicted molar refractivity (Wildman–Crippen MR) is 126 cm³/mol. The maximum Gasteiger partial charge on any atom is 0.257 e. The van der Waals surface area contributed by atoms with Crippen molar-refractivity contribution in [3.63, 3.8) is 0 Å². The van der Waals surface area contributed by atoms with E-state index < -0.39 is 0 Å². The van der Waals surface area contributed by atoms with E-state index in [1.807, 2.05) is 27.8 Å². The van der Waals surface area contributed by atoms with E-state index in [0.29, 0.717) is 31.9 Å². The molecule has 1 fully saturated rings. The van der Waals surface area contributed by atoms with Crippen molar-refractivity contribution in [1.82, 2.24) is 19.6 Å². The van der Waals surface area contributed by atoms with Crippen LogP contribution in [0.1, 0.15) is 34.1 Å². The van der Waals surface area contributed by atoms with Crippen molar-refractivity contribution in [2.75, 3.05) is 39.4 Å². The maximum absolute atomic E-state index is 13.3. The second kappa shape index (κ2) is 9.27. The summed E-state index contributed by atoms with van der Waals surface area (Å²) in [7, 11) is 0. The zero-order valence-electron chi connectivity index (χ0n) is 19.3. The monoisotopic (exact) mass is 446 g/mol. The van der Waals surface area contributed by atoms with Crippen molar-refractivity contribution in [2.45, 2.75) is 26.8 Å². The molecule has 7 heteroatoms. The molecule has 0 radical (unpaired) electrons. The summed E-state index contributed by atoms with van der Waals surface area (Å²) in [5, 5.41) is 4.55. The molecule has 2 aromatic carbocycles. The van der Waals surface area contributed by atoms with Crippen molar-refractivity contribution >= 4 is 5.91 Å². The Labute approximate surface area is 194 Å². The highest BCUT2D eigenvalue weighted by Gasteiger charge is 2.26. The molecule has 7 nitrogen and oxygen atoms in total. The van der Waals surface area contributed by atoms with Crippen molar-refractivity contribution in [2.24, 2.45) is 0 Å². The van der Waals surface area contributed by atoms with Gasteiger partial charge in [-0.2, -0.15) is 5.10 Å². The van der Waals surface area contributed by atoms with E-state index in [9.17, 15) is 4.79 Å². The first kappa shape index (κ1) is 21.5. The normalized spacial score (nSPS) is 16.1. The van der Waals surface area contributed by atoms with E-state index in [2.05, 4.69) is 48.1 Å². The van der Waals surface area contributed by atoms with Crippen molar-refractivity contribution in [3.8, 4) is 17.2 Å². The summed E-state index contributed by atoms with van der Waals surface area (Å²) in [6.45, 7) is 9.28. The van der Waals surface area contributed by atoms with Gasteiger partial charge in [0.25, 0.3) is 5.91 Å². The summed E-state index contributed by atoms with van der Waals surface area (Å²) in [6, 6.07) is 14.4. The number of hydrogen-bond acceptors (Lipinski definition) is 5. The highest BCUT2D eigenvalue weighted by molar-refractivity contribution is 5.95. The third-order valence-electron chi connectivity index (χ3n) is 6.38. The Hall–Kier alpha value is -3.32. The summed E-state index contributed by atoms with van der Waals surface area (Å²) in [5.74, 6) is 1.72. The number of carbonyl (C=O) groups is 1. The van der Waals surface area contributed by atoms with E-state index in [-0.39, 0.29) is 5.91 Å². The molecule has 1 saturated heterocycles. The quantitative estimate of drug-likeness (QED) is 0.601. The number of hydrogen-bond donors (Lipinski definition) is 0. The minimum atomic E-state index is 0.0733. The molecular formula is C26H30N4O3. The number of rotatable bonds is 5. The third-order valence-corrected chi connectivity index (χ3v) is 6.38. The lowest BCUT2D eigenvalue weighted by atomic mass is 10.1. The number of nitrogens with zero attached hydrogens (tertiary/aromatic N) is 4. The van der Waals surface area contributed by atoms with Crippen molar-refractivity contribution < 1.29 is 14.3 Å². The van der Waals surface area contributed by atoms with Gasteiger partial charge in [0, 0.05) is 32.7 Å². The van der Waals surface area contributed by atoms with Gasteiger partial charge >= 0.3 is 0 Å². The van der Waals surface area contributed by atoms with Crippen LogP contribution in [0.15, 0.2) is 48.7 Å². The van der Waals surface area contributed by atoms with Crippen LogP contribution in [0.4, 0.5) is 0 Å². The Morgan fingerprint density at radius 3 is 2.42 bits per heavy atom. The summed E-state index contributed by atoms with van der Waals surface area (Å²) in [5.41, 5.74) is 5.06. The van der Waals surface area contributed by atoms with E-state index in [4.69, 9.17) is 9.47 Å². The van der Waals surface area contributed by atoms with E-state index in [1.165, 1.54) is 11.1 Å². The summed E-state index contributed by atoms with van der Waals surface area (Å²) < 4.78 is 13.2. The van der Waals surface area contributed by atoms with Crippen molar-refractivity contribution in [3.05, 3.63) is 71.0 Å². The number of ether oxygens (including phenoxy) is 2. The summed E-state index contributed by atoms with van der Waals surface area (Å²) in [4.78, 5) is 17.7. The molecule has 1 amide bonds. The van der Waals surface area contributed by atoms with Crippen LogP contribution in [-0.4, -0.2) is 64.9 Å². The van der Waals surface area contributed by atoms with Gasteiger partial charge in [0.1, 0.15) is 13.2 Å². The molecule has 2 aliphatic heterocycles. The van der Waals surface area contributed by atoms with Gasteiger partial charge in [-0.05, 0) is 43.2 Å². The Balaban J connectivity index is 1.23. The van der Waals surface area contributed by atoms with Gasteiger partial charge in [0.2, 0.25) is 0 Å². The fourth-order valence-corrected chi connectivity index (χ4v) is 4.52. The molecule has 0 N–H and O–H groups in total. The Kier molecular flexibility index (Phi) is 6.05. The van der Waals surface area contributed by atoms with Crippen LogP contribution < -0.4 is 9.47 Å². The molecule has 2 aliphatic rings. The molecule has 0 spiro atoms. The van der Waals surface area contributed by atoms with Crippen LogP contribution in [0.3, 0.4) is 0 Å². The molecule has 1 aromatic heterocycles. The SMILES string of the molecule is CCc1c(C(=O)N2CCN(Cc3ccc4c(c3)OCCO4)CC2)cnn1-c1ccc(C)cc1. The second-order valence-corrected chi connectivity index (χ2v) is 8.65. The number of benzene rings is 2. The lowest BCUT2D eigenvalue weighted by Gasteiger charge is -2.35. The number of piperazine rings is 1. The highest BCUT2D eigenvalue weighted by Crippen LogP contribution is 2.31. The molecule has 3 heterocycles. The highest BCUT2D eigenvalue weighted by atomic mass is 16.6. The third kappa shape index (κ3) is 4.46. The Morgan fingerprint density at radius 2 is 1.70 bits per heavy atom. The molecule has 0 aliphatic carbocycles. The average molecular weight is 447 g/mol. The van der Waals surface area contributed by atoms with Crippen LogP contribution in [0, 0.1) is 6.92 Å². The number of carbonyl (C=O) groups excluding carboxylic acids is 1. The topological polar surface area (TPSA) is 59.8 Å². The van der Waals surface area contributed by atoms with E-state index >= 15 is 0 Å². The molecule has 5 rings (SSSR count). The van der Waals surface area contributed by atoms with Gasteiger partial charge in [-0.25, -0.2) is 4.68 Å². The molecule has 33 heavy (non-hydrogen) atoms. The molecule has 3 aromatic rings. The van der Waals surface area contributed by atoms with Crippen LogP contribution in [0.2, 0.25) is 0 Å². The lowest BCUT2D eigenvalue weighted by Crippen LogP contribution is -2.48. The van der Waals surface area contributed by atoms with Crippen LogP contribution in [-0.2, 0) is 13.0 Å². The molecule has 0 bridgehead atoms. The molecule has 0 atom stereocenters. The number of fused-ring (bicyclic) bond motifs is 1. The summed E-state index contributed by atoms with van der Waals surface area (Å²) >= 11 is 0. The largest absolute Gasteiger partial charge is 0.486 e. The average Bonchev–Trinajstić information content (AvgIpc) is 3.28. The minimum absolute atomic E-state index is 0.0733. The smallest absolute Gasteiger partial charge is 0.257 e. The van der Waals surface area contributed by atoms with Gasteiger partial charge in [0.15, 0.2) is 11.5 Å². The standard InChI is InChI=1S/C26H30N4O3/c1-3-23-22(17-27-30(23)21-7-4-19(2)5-8-21)26(31)29-12-10-28(11-13-29)18-20-6-9-24-25(16-20)33-15-14-32-24/h4-9,16-17H,3,10-15,18H2,1-2H3. The second-order valence-electron chi connectivity index (χ2n) is 8.65. The Bertz CT molecular complexity index is 1130. The first-order valence-electron chi connectivity index (χ1n) is 11.7. The van der Waals surface area contributed by atoms with Crippen LogP contribution in [0.25, 0.3) is 5.69 Å². The number of aryl methyl sites for hydroxylation is 1. The fraction of sp³-hybridized carbons (Fsp3) is 0.385. The first-order valence-corrected chi connectivity index (χ1v) is 11.7. The fourth-order valence-electron chi connectivity index (χ4n) is 4.52. The van der Waals surface area contributed by atoms with Gasteiger partial charge in [-0.3, -0.25) is 9.69 Å². The van der Waals surface area contributed by atoms with Crippen LogP contribution >= 0.6 is 0 Å². The molecule has 0 saturated carbocycles. The zero-order chi connectivity index (χ0) is 22.8. The summed E-state index contributed by atoms with van der Waals surface area (Å²) in [6.07, 6.45) is 2.47. The minimum Gasteiger partial charge on any atom is -0.486 e. The molecular weight excluding hydrogens is 416 g/mol. The molecule has 172 valence electrons. The Morgan fingerprint density at radius 1 is 0.970 bits per heavy atom. The van der Waals surface area contributed by atoms with E-state index in [0.717, 1.165) is 48.9 Å². The van der Waals surface area contributed by atoms with E-state index in [1.54, 1.807) is 6.20 Å². The van der Waals surface area contributed by atoms with Gasteiger partial charge in [-0.1, -0.05) is 30.7 Å². The van der Waals surface area contributed by atoms with Crippen LogP contribution in [0.5, 0.6) is 11.5 Å². The van der Waals surface area contributed by atoms with Gasteiger partial charge in [0.05, 0.1) is 23.1 Å². The predicted octanol–water partition coefficient (Wildman–Crippen LogP) is 3.47.